The Hall–Kier alpha value is -0.150. The van der Waals surface area contributed by atoms with Crippen LogP contribution in [0.2, 0.25) is 0 Å². The van der Waals surface area contributed by atoms with Crippen molar-refractivity contribution in [1.82, 2.24) is 5.32 Å². The van der Waals surface area contributed by atoms with Crippen LogP contribution >= 0.6 is 0 Å². The van der Waals surface area contributed by atoms with Crippen molar-refractivity contribution in [2.75, 3.05) is 19.7 Å². The molecule has 1 heterocycles. The van der Waals surface area contributed by atoms with Gasteiger partial charge >= 0.3 is 0 Å². The largest absolute Gasteiger partial charge is 0.377 e. The Labute approximate surface area is 73.5 Å². The molecule has 3 heteroatoms. The van der Waals surface area contributed by atoms with E-state index in [1.54, 1.807) is 6.92 Å². The third kappa shape index (κ3) is 4.02. The fourth-order valence-electron chi connectivity index (χ4n) is 1.36. The first-order valence-electron chi connectivity index (χ1n) is 4.75. The number of hydrogen-bond donors (Lipinski definition) is 1. The SMILES string of the molecule is CC(F)CCOC1CCCNC1. The van der Waals surface area contributed by atoms with Crippen LogP contribution in [0.25, 0.3) is 0 Å². The number of ether oxygens (including phenoxy) is 1. The molecule has 0 saturated carbocycles. The molecule has 1 rings (SSSR count). The summed E-state index contributed by atoms with van der Waals surface area (Å²) in [6, 6.07) is 0. The Bertz CT molecular complexity index is 113. The van der Waals surface area contributed by atoms with Crippen LogP contribution in [-0.2, 0) is 4.74 Å². The number of halogens is 1. The Kier molecular flexibility index (Phi) is 4.54. The predicted octanol–water partition coefficient (Wildman–Crippen LogP) is 1.50. The Morgan fingerprint density at radius 2 is 2.50 bits per heavy atom. The van der Waals surface area contributed by atoms with Gasteiger partial charge in [-0.1, -0.05) is 0 Å². The van der Waals surface area contributed by atoms with Crippen molar-refractivity contribution < 1.29 is 9.13 Å². The molecule has 0 aromatic carbocycles. The van der Waals surface area contributed by atoms with Crippen molar-refractivity contribution in [2.24, 2.45) is 0 Å². The zero-order valence-corrected chi connectivity index (χ0v) is 7.68. The highest BCUT2D eigenvalue weighted by Gasteiger charge is 2.12. The minimum atomic E-state index is -0.735. The van der Waals surface area contributed by atoms with E-state index in [-0.39, 0.29) is 0 Å². The Balaban J connectivity index is 1.98. The molecule has 2 atom stereocenters. The second-order valence-electron chi connectivity index (χ2n) is 3.41. The first-order chi connectivity index (χ1) is 5.79. The molecule has 1 fully saturated rings. The topological polar surface area (TPSA) is 21.3 Å². The summed E-state index contributed by atoms with van der Waals surface area (Å²) < 4.78 is 17.9. The molecule has 1 saturated heterocycles. The van der Waals surface area contributed by atoms with Gasteiger partial charge in [0.1, 0.15) is 0 Å². The standard InChI is InChI=1S/C9H18FNO/c1-8(10)4-6-12-9-3-2-5-11-7-9/h8-9,11H,2-7H2,1H3. The molecule has 0 amide bonds. The summed E-state index contributed by atoms with van der Waals surface area (Å²) in [5, 5.41) is 3.25. The lowest BCUT2D eigenvalue weighted by molar-refractivity contribution is 0.0279. The fraction of sp³-hybridized carbons (Fsp3) is 1.00. The van der Waals surface area contributed by atoms with E-state index in [1.165, 1.54) is 6.42 Å². The molecule has 72 valence electrons. The lowest BCUT2D eigenvalue weighted by Gasteiger charge is -2.23. The molecule has 2 nitrogen and oxygen atoms in total. The van der Waals surface area contributed by atoms with Crippen molar-refractivity contribution >= 4 is 0 Å². The van der Waals surface area contributed by atoms with Crippen molar-refractivity contribution in [3.63, 3.8) is 0 Å². The molecule has 0 aromatic rings. The number of nitrogens with one attached hydrogen (secondary N) is 1. The fourth-order valence-corrected chi connectivity index (χ4v) is 1.36. The lowest BCUT2D eigenvalue weighted by atomic mass is 10.1. The minimum absolute atomic E-state index is 0.317. The van der Waals surface area contributed by atoms with Gasteiger partial charge in [-0.15, -0.1) is 0 Å². The summed E-state index contributed by atoms with van der Waals surface area (Å²) >= 11 is 0. The minimum Gasteiger partial charge on any atom is -0.377 e. The molecule has 0 bridgehead atoms. The van der Waals surface area contributed by atoms with E-state index in [1.807, 2.05) is 0 Å². The number of alkyl halides is 1. The molecular weight excluding hydrogens is 157 g/mol. The van der Waals surface area contributed by atoms with E-state index in [0.717, 1.165) is 19.5 Å². The van der Waals surface area contributed by atoms with Gasteiger partial charge in [0.15, 0.2) is 0 Å². The van der Waals surface area contributed by atoms with Crippen LogP contribution in [0.5, 0.6) is 0 Å². The molecule has 0 aliphatic carbocycles. The van der Waals surface area contributed by atoms with E-state index in [9.17, 15) is 4.39 Å². The highest BCUT2D eigenvalue weighted by Crippen LogP contribution is 2.07. The van der Waals surface area contributed by atoms with Crippen LogP contribution in [0, 0.1) is 0 Å². The summed E-state index contributed by atoms with van der Waals surface area (Å²) in [6.07, 6.45) is 2.40. The van der Waals surface area contributed by atoms with Gasteiger partial charge in [-0.25, -0.2) is 4.39 Å². The van der Waals surface area contributed by atoms with E-state index in [2.05, 4.69) is 5.32 Å². The van der Waals surface area contributed by atoms with E-state index in [4.69, 9.17) is 4.74 Å². The van der Waals surface area contributed by atoms with E-state index >= 15 is 0 Å². The highest BCUT2D eigenvalue weighted by molar-refractivity contribution is 4.68. The second kappa shape index (κ2) is 5.49. The zero-order valence-electron chi connectivity index (χ0n) is 7.68. The summed E-state index contributed by atoms with van der Waals surface area (Å²) in [7, 11) is 0. The summed E-state index contributed by atoms with van der Waals surface area (Å²) in [5.74, 6) is 0. The molecule has 0 radical (unpaired) electrons. The van der Waals surface area contributed by atoms with Crippen LogP contribution < -0.4 is 5.32 Å². The summed E-state index contributed by atoms with van der Waals surface area (Å²) in [6.45, 7) is 4.16. The maximum Gasteiger partial charge on any atom is 0.0995 e. The number of hydrogen-bond acceptors (Lipinski definition) is 2. The second-order valence-corrected chi connectivity index (χ2v) is 3.41. The normalized spacial score (nSPS) is 27.0. The molecule has 1 N–H and O–H groups in total. The molecule has 2 unspecified atom stereocenters. The van der Waals surface area contributed by atoms with Crippen LogP contribution in [0.3, 0.4) is 0 Å². The van der Waals surface area contributed by atoms with Crippen molar-refractivity contribution in [2.45, 2.75) is 38.5 Å². The van der Waals surface area contributed by atoms with Gasteiger partial charge in [-0.2, -0.15) is 0 Å². The van der Waals surface area contributed by atoms with Gasteiger partial charge < -0.3 is 10.1 Å². The molecular formula is C9H18FNO. The molecule has 12 heavy (non-hydrogen) atoms. The Morgan fingerprint density at radius 1 is 1.67 bits per heavy atom. The number of piperidine rings is 1. The number of rotatable bonds is 4. The van der Waals surface area contributed by atoms with Crippen molar-refractivity contribution in [1.29, 1.82) is 0 Å². The molecule has 1 aliphatic heterocycles. The maximum atomic E-state index is 12.4. The summed E-state index contributed by atoms with van der Waals surface area (Å²) in [5.41, 5.74) is 0. The predicted molar refractivity (Wildman–Crippen MR) is 47.0 cm³/mol. The average Bonchev–Trinajstić information content (AvgIpc) is 2.05. The first kappa shape index (κ1) is 9.93. The van der Waals surface area contributed by atoms with E-state index < -0.39 is 6.17 Å². The monoisotopic (exact) mass is 175 g/mol. The highest BCUT2D eigenvalue weighted by atomic mass is 19.1. The van der Waals surface area contributed by atoms with Crippen molar-refractivity contribution in [3.8, 4) is 0 Å². The van der Waals surface area contributed by atoms with Crippen molar-refractivity contribution in [3.05, 3.63) is 0 Å². The van der Waals surface area contributed by atoms with Gasteiger partial charge in [0.05, 0.1) is 12.3 Å². The van der Waals surface area contributed by atoms with Gasteiger partial charge in [-0.3, -0.25) is 0 Å². The zero-order chi connectivity index (χ0) is 8.81. The molecule has 1 aliphatic rings. The third-order valence-electron chi connectivity index (χ3n) is 2.12. The van der Waals surface area contributed by atoms with E-state index in [0.29, 0.717) is 19.1 Å². The van der Waals surface area contributed by atoms with Gasteiger partial charge in [0.2, 0.25) is 0 Å². The van der Waals surface area contributed by atoms with Crippen LogP contribution in [0.15, 0.2) is 0 Å². The summed E-state index contributed by atoms with van der Waals surface area (Å²) in [4.78, 5) is 0. The average molecular weight is 175 g/mol. The van der Waals surface area contributed by atoms with Crippen LogP contribution in [-0.4, -0.2) is 32.0 Å². The van der Waals surface area contributed by atoms with Crippen LogP contribution in [0.1, 0.15) is 26.2 Å². The third-order valence-corrected chi connectivity index (χ3v) is 2.12. The first-order valence-corrected chi connectivity index (χ1v) is 4.75. The van der Waals surface area contributed by atoms with Gasteiger partial charge in [-0.05, 0) is 26.3 Å². The van der Waals surface area contributed by atoms with Gasteiger partial charge in [0.25, 0.3) is 0 Å². The molecule has 0 aromatic heterocycles. The lowest BCUT2D eigenvalue weighted by Crippen LogP contribution is -2.35. The van der Waals surface area contributed by atoms with Gasteiger partial charge in [0, 0.05) is 19.6 Å². The molecule has 0 spiro atoms. The Morgan fingerprint density at radius 3 is 3.08 bits per heavy atom. The smallest absolute Gasteiger partial charge is 0.0995 e. The maximum absolute atomic E-state index is 12.4. The van der Waals surface area contributed by atoms with Crippen LogP contribution in [0.4, 0.5) is 4.39 Å². The quantitative estimate of drug-likeness (QED) is 0.699.